The highest BCUT2D eigenvalue weighted by Gasteiger charge is 2.27. The average molecular weight is 294 g/mol. The van der Waals surface area contributed by atoms with Crippen molar-refractivity contribution in [1.29, 1.82) is 0 Å². The van der Waals surface area contributed by atoms with Crippen molar-refractivity contribution < 1.29 is 17.9 Å². The van der Waals surface area contributed by atoms with Crippen molar-refractivity contribution in [1.82, 2.24) is 9.03 Å². The molecular formula is C12H26N2O4S. The third-order valence-electron chi connectivity index (χ3n) is 2.32. The van der Waals surface area contributed by atoms with Gasteiger partial charge in [0.25, 0.3) is 10.2 Å². The van der Waals surface area contributed by atoms with Crippen LogP contribution in [0.2, 0.25) is 0 Å². The number of nitrogens with zero attached hydrogens (tertiary/aromatic N) is 1. The van der Waals surface area contributed by atoms with E-state index in [9.17, 15) is 13.2 Å². The molecule has 0 aromatic carbocycles. The molecule has 0 fully saturated rings. The highest BCUT2D eigenvalue weighted by Crippen LogP contribution is 2.09. The number of esters is 1. The van der Waals surface area contributed by atoms with E-state index < -0.39 is 27.8 Å². The number of hydrogen-bond acceptors (Lipinski definition) is 4. The van der Waals surface area contributed by atoms with E-state index in [1.165, 1.54) is 18.3 Å². The van der Waals surface area contributed by atoms with Gasteiger partial charge >= 0.3 is 5.97 Å². The smallest absolute Gasteiger partial charge is 0.324 e. The molecule has 0 heterocycles. The van der Waals surface area contributed by atoms with Crippen LogP contribution in [-0.2, 0) is 19.7 Å². The lowest BCUT2D eigenvalue weighted by Gasteiger charge is -2.24. The second-order valence-corrected chi connectivity index (χ2v) is 7.36. The van der Waals surface area contributed by atoms with Crippen LogP contribution in [0, 0.1) is 0 Å². The molecule has 0 spiro atoms. The molecule has 0 aliphatic heterocycles. The Morgan fingerprint density at radius 3 is 2.32 bits per heavy atom. The van der Waals surface area contributed by atoms with Gasteiger partial charge in [-0.2, -0.15) is 17.4 Å². The largest absolute Gasteiger partial charge is 0.459 e. The lowest BCUT2D eigenvalue weighted by Crippen LogP contribution is -2.47. The molecule has 0 saturated heterocycles. The predicted molar refractivity (Wildman–Crippen MR) is 74.9 cm³/mol. The van der Waals surface area contributed by atoms with Crippen molar-refractivity contribution in [3.63, 3.8) is 0 Å². The van der Waals surface area contributed by atoms with Gasteiger partial charge in [0.15, 0.2) is 0 Å². The van der Waals surface area contributed by atoms with Gasteiger partial charge in [-0.25, -0.2) is 0 Å². The Kier molecular flexibility index (Phi) is 6.96. The number of nitrogens with one attached hydrogen (secondary N) is 1. The van der Waals surface area contributed by atoms with E-state index in [4.69, 9.17) is 4.74 Å². The molecule has 7 heteroatoms. The van der Waals surface area contributed by atoms with E-state index in [-0.39, 0.29) is 0 Å². The minimum atomic E-state index is -3.65. The molecular weight excluding hydrogens is 268 g/mol. The standard InChI is InChI=1S/C12H26N2O4S/c1-7-8-9-14(6)19(16,17)13-10(2)11(15)18-12(3,4)5/h10,13H,7-9H2,1-6H3/t10-/m0/s1. The Hall–Kier alpha value is -0.660. The summed E-state index contributed by atoms with van der Waals surface area (Å²) in [6, 6.07) is -0.909. The molecule has 0 rings (SSSR count). The SMILES string of the molecule is CCCCN(C)S(=O)(=O)N[C@@H](C)C(=O)OC(C)(C)C. The molecule has 1 atom stereocenters. The van der Waals surface area contributed by atoms with Gasteiger partial charge in [0.05, 0.1) is 0 Å². The van der Waals surface area contributed by atoms with Crippen molar-refractivity contribution in [2.45, 2.75) is 59.1 Å². The lowest BCUT2D eigenvalue weighted by atomic mass is 10.2. The molecule has 0 aliphatic rings. The zero-order valence-electron chi connectivity index (χ0n) is 12.7. The molecule has 0 amide bonds. The van der Waals surface area contributed by atoms with Crippen LogP contribution < -0.4 is 4.72 Å². The van der Waals surface area contributed by atoms with Crippen molar-refractivity contribution >= 4 is 16.2 Å². The van der Waals surface area contributed by atoms with Crippen LogP contribution in [0.4, 0.5) is 0 Å². The van der Waals surface area contributed by atoms with Crippen molar-refractivity contribution in [2.75, 3.05) is 13.6 Å². The summed E-state index contributed by atoms with van der Waals surface area (Å²) < 4.78 is 32.5. The normalized spacial score (nSPS) is 14.5. The molecule has 114 valence electrons. The fraction of sp³-hybridized carbons (Fsp3) is 0.917. The lowest BCUT2D eigenvalue weighted by molar-refractivity contribution is -0.156. The van der Waals surface area contributed by atoms with Crippen LogP contribution in [0.5, 0.6) is 0 Å². The van der Waals surface area contributed by atoms with E-state index in [1.54, 1.807) is 20.8 Å². The van der Waals surface area contributed by atoms with Crippen LogP contribution in [0.15, 0.2) is 0 Å². The van der Waals surface area contributed by atoms with Gasteiger partial charge < -0.3 is 4.74 Å². The number of rotatable bonds is 7. The third-order valence-corrected chi connectivity index (χ3v) is 3.98. The summed E-state index contributed by atoms with van der Waals surface area (Å²) in [5.74, 6) is -0.583. The minimum absolute atomic E-state index is 0.423. The highest BCUT2D eigenvalue weighted by atomic mass is 32.2. The summed E-state index contributed by atoms with van der Waals surface area (Å²) in [6.45, 7) is 9.09. The molecule has 0 aromatic rings. The van der Waals surface area contributed by atoms with E-state index >= 15 is 0 Å². The topological polar surface area (TPSA) is 75.7 Å². The Balaban J connectivity index is 4.53. The Bertz CT molecular complexity index is 387. The highest BCUT2D eigenvalue weighted by molar-refractivity contribution is 7.87. The van der Waals surface area contributed by atoms with Crippen molar-refractivity contribution in [3.8, 4) is 0 Å². The molecule has 1 N–H and O–H groups in total. The van der Waals surface area contributed by atoms with E-state index in [0.717, 1.165) is 12.8 Å². The molecule has 0 radical (unpaired) electrons. The number of hydrogen-bond donors (Lipinski definition) is 1. The first-order valence-electron chi connectivity index (χ1n) is 6.46. The van der Waals surface area contributed by atoms with Gasteiger partial charge in [-0.3, -0.25) is 4.79 Å². The van der Waals surface area contributed by atoms with Crippen molar-refractivity contribution in [2.24, 2.45) is 0 Å². The van der Waals surface area contributed by atoms with E-state index in [1.807, 2.05) is 6.92 Å². The van der Waals surface area contributed by atoms with Gasteiger partial charge in [0.2, 0.25) is 0 Å². The first kappa shape index (κ1) is 18.3. The monoisotopic (exact) mass is 294 g/mol. The summed E-state index contributed by atoms with van der Waals surface area (Å²) >= 11 is 0. The summed E-state index contributed by atoms with van der Waals surface area (Å²) in [7, 11) is -2.16. The van der Waals surface area contributed by atoms with Crippen LogP contribution in [0.3, 0.4) is 0 Å². The zero-order valence-corrected chi connectivity index (χ0v) is 13.5. The second kappa shape index (κ2) is 7.21. The molecule has 0 aliphatic carbocycles. The zero-order chi connectivity index (χ0) is 15.3. The van der Waals surface area contributed by atoms with Gasteiger partial charge in [-0.1, -0.05) is 13.3 Å². The predicted octanol–water partition coefficient (Wildman–Crippen LogP) is 1.28. The van der Waals surface area contributed by atoms with Gasteiger partial charge in [0, 0.05) is 13.6 Å². The van der Waals surface area contributed by atoms with Crippen LogP contribution in [-0.4, -0.2) is 43.9 Å². The molecule has 19 heavy (non-hydrogen) atoms. The fourth-order valence-electron chi connectivity index (χ4n) is 1.25. The Labute approximate surface area is 116 Å². The summed E-state index contributed by atoms with van der Waals surface area (Å²) in [4.78, 5) is 11.7. The van der Waals surface area contributed by atoms with Crippen LogP contribution >= 0.6 is 0 Å². The molecule has 0 bridgehead atoms. The molecule has 0 unspecified atom stereocenters. The van der Waals surface area contributed by atoms with Gasteiger partial charge in [0.1, 0.15) is 11.6 Å². The summed E-state index contributed by atoms with van der Waals surface area (Å²) in [6.07, 6.45) is 1.68. The third kappa shape index (κ3) is 7.49. The molecule has 0 aromatic heterocycles. The Morgan fingerprint density at radius 1 is 1.37 bits per heavy atom. The van der Waals surface area contributed by atoms with Crippen LogP contribution in [0.1, 0.15) is 47.5 Å². The maximum absolute atomic E-state index is 11.9. The number of carbonyl (C=O) groups excluding carboxylic acids is 1. The Morgan fingerprint density at radius 2 is 1.89 bits per heavy atom. The van der Waals surface area contributed by atoms with Crippen LogP contribution in [0.25, 0.3) is 0 Å². The summed E-state index contributed by atoms with van der Waals surface area (Å²) in [5.41, 5.74) is -0.634. The second-order valence-electron chi connectivity index (χ2n) is 5.55. The van der Waals surface area contributed by atoms with E-state index in [0.29, 0.717) is 6.54 Å². The van der Waals surface area contributed by atoms with Gasteiger partial charge in [-0.05, 0) is 34.1 Å². The van der Waals surface area contributed by atoms with Gasteiger partial charge in [-0.15, -0.1) is 0 Å². The molecule has 6 nitrogen and oxygen atoms in total. The maximum atomic E-state index is 11.9. The summed E-state index contributed by atoms with van der Waals surface area (Å²) in [5, 5.41) is 0. The minimum Gasteiger partial charge on any atom is -0.459 e. The number of carbonyl (C=O) groups is 1. The average Bonchev–Trinajstić information content (AvgIpc) is 2.22. The maximum Gasteiger partial charge on any atom is 0.324 e. The first-order valence-corrected chi connectivity index (χ1v) is 7.90. The number of unbranched alkanes of at least 4 members (excludes halogenated alkanes) is 1. The van der Waals surface area contributed by atoms with Crippen molar-refractivity contribution in [3.05, 3.63) is 0 Å². The molecule has 0 saturated carbocycles. The van der Waals surface area contributed by atoms with E-state index in [2.05, 4.69) is 4.72 Å². The fourth-order valence-corrected chi connectivity index (χ4v) is 2.35. The number of ether oxygens (including phenoxy) is 1. The first-order chi connectivity index (χ1) is 8.49. The quantitative estimate of drug-likeness (QED) is 0.718.